The standard InChI is InChI=1S/C13H11BrO/c1-7-8(2)15-13-11-4-3-10(14)5-9(11)6-12(7)13/h3-6,8H,1-2H3. The zero-order valence-corrected chi connectivity index (χ0v) is 10.3. The van der Waals surface area contributed by atoms with Crippen LogP contribution in [0.15, 0.2) is 33.8 Å². The van der Waals surface area contributed by atoms with Crippen molar-refractivity contribution >= 4 is 27.8 Å². The van der Waals surface area contributed by atoms with Crippen LogP contribution in [0, 0.1) is 0 Å². The first-order chi connectivity index (χ1) is 7.16. The number of rotatable bonds is 0. The van der Waals surface area contributed by atoms with Gasteiger partial charge in [0.1, 0.15) is 11.9 Å². The summed E-state index contributed by atoms with van der Waals surface area (Å²) in [6.07, 6.45) is 2.44. The normalized spacial score (nSPS) is 22.3. The molecule has 1 aliphatic heterocycles. The zero-order chi connectivity index (χ0) is 10.6. The Labute approximate surface area is 96.9 Å². The van der Waals surface area contributed by atoms with Crippen molar-refractivity contribution in [2.75, 3.05) is 0 Å². The van der Waals surface area contributed by atoms with Gasteiger partial charge in [0.25, 0.3) is 0 Å². The van der Waals surface area contributed by atoms with E-state index in [4.69, 9.17) is 4.74 Å². The minimum absolute atomic E-state index is 0.225. The number of fused-ring (bicyclic) bond motifs is 2. The summed E-state index contributed by atoms with van der Waals surface area (Å²) in [4.78, 5) is 0. The van der Waals surface area contributed by atoms with E-state index in [1.165, 1.54) is 21.6 Å². The summed E-state index contributed by atoms with van der Waals surface area (Å²) < 4.78 is 6.98. The Morgan fingerprint density at radius 3 is 2.93 bits per heavy atom. The Morgan fingerprint density at radius 1 is 1.33 bits per heavy atom. The number of hydrogen-bond acceptors (Lipinski definition) is 1. The van der Waals surface area contributed by atoms with Gasteiger partial charge in [-0.05, 0) is 48.9 Å². The van der Waals surface area contributed by atoms with Gasteiger partial charge in [-0.2, -0.15) is 0 Å². The highest BCUT2D eigenvalue weighted by Gasteiger charge is 2.26. The summed E-state index contributed by atoms with van der Waals surface area (Å²) in [6, 6.07) is 6.31. The Balaban J connectivity index is 2.39. The lowest BCUT2D eigenvalue weighted by molar-refractivity contribution is 0.235. The molecular formula is C13H11BrO. The quantitative estimate of drug-likeness (QED) is 0.696. The second-order valence-corrected chi connectivity index (χ2v) is 4.98. The monoisotopic (exact) mass is 262 g/mol. The molecule has 1 unspecified atom stereocenters. The van der Waals surface area contributed by atoms with Crippen LogP contribution in [0.4, 0.5) is 0 Å². The summed E-state index contributed by atoms with van der Waals surface area (Å²) in [5.74, 6) is 1.06. The third-order valence-corrected chi connectivity index (χ3v) is 3.63. The maximum Gasteiger partial charge on any atom is 0.135 e. The number of benzene rings is 1. The van der Waals surface area contributed by atoms with Crippen molar-refractivity contribution in [3.8, 4) is 0 Å². The van der Waals surface area contributed by atoms with Gasteiger partial charge in [0.2, 0.25) is 0 Å². The summed E-state index contributed by atoms with van der Waals surface area (Å²) in [7, 11) is 0. The van der Waals surface area contributed by atoms with Crippen LogP contribution in [0.1, 0.15) is 13.8 Å². The molecule has 0 fully saturated rings. The van der Waals surface area contributed by atoms with Crippen molar-refractivity contribution in [3.05, 3.63) is 44.3 Å². The van der Waals surface area contributed by atoms with Crippen LogP contribution in [0.2, 0.25) is 0 Å². The Hall–Kier alpha value is -1.02. The second kappa shape index (κ2) is 2.99. The zero-order valence-electron chi connectivity index (χ0n) is 8.67. The van der Waals surface area contributed by atoms with Crippen molar-refractivity contribution in [2.45, 2.75) is 20.0 Å². The molecule has 0 saturated carbocycles. The largest absolute Gasteiger partial charge is 0.485 e. The molecule has 1 nitrogen and oxygen atoms in total. The van der Waals surface area contributed by atoms with Crippen molar-refractivity contribution in [1.82, 2.24) is 0 Å². The highest BCUT2D eigenvalue weighted by molar-refractivity contribution is 9.10. The van der Waals surface area contributed by atoms with Gasteiger partial charge < -0.3 is 4.74 Å². The van der Waals surface area contributed by atoms with E-state index >= 15 is 0 Å². The molecule has 76 valence electrons. The van der Waals surface area contributed by atoms with E-state index in [1.54, 1.807) is 0 Å². The first-order valence-corrected chi connectivity index (χ1v) is 5.85. The predicted octanol–water partition coefficient (Wildman–Crippen LogP) is 2.09. The highest BCUT2D eigenvalue weighted by Crippen LogP contribution is 2.32. The third kappa shape index (κ3) is 1.21. The maximum atomic E-state index is 5.86. The van der Waals surface area contributed by atoms with Gasteiger partial charge in [0.15, 0.2) is 0 Å². The van der Waals surface area contributed by atoms with Gasteiger partial charge in [-0.1, -0.05) is 15.9 Å². The van der Waals surface area contributed by atoms with Crippen LogP contribution in [-0.2, 0) is 4.74 Å². The molecule has 0 spiro atoms. The smallest absolute Gasteiger partial charge is 0.135 e. The summed E-state index contributed by atoms with van der Waals surface area (Å²) >= 11 is 3.49. The molecule has 0 amide bonds. The van der Waals surface area contributed by atoms with E-state index in [1.807, 2.05) is 0 Å². The van der Waals surface area contributed by atoms with Crippen molar-refractivity contribution in [2.24, 2.45) is 0 Å². The average Bonchev–Trinajstić information content (AvgIpc) is 2.66. The molecule has 3 rings (SSSR count). The van der Waals surface area contributed by atoms with Crippen LogP contribution in [-0.4, -0.2) is 6.10 Å². The molecule has 1 aromatic rings. The summed E-state index contributed by atoms with van der Waals surface area (Å²) in [6.45, 7) is 4.24. The van der Waals surface area contributed by atoms with Gasteiger partial charge in [-0.15, -0.1) is 0 Å². The fourth-order valence-electron chi connectivity index (χ4n) is 2.13. The lowest BCUT2D eigenvalue weighted by Crippen LogP contribution is -2.23. The average molecular weight is 263 g/mol. The molecule has 0 aromatic heterocycles. The molecule has 1 aromatic carbocycles. The van der Waals surface area contributed by atoms with Crippen LogP contribution in [0.25, 0.3) is 11.8 Å². The Morgan fingerprint density at radius 2 is 2.13 bits per heavy atom. The second-order valence-electron chi connectivity index (χ2n) is 4.06. The lowest BCUT2D eigenvalue weighted by atomic mass is 10.1. The first kappa shape index (κ1) is 9.22. The number of hydrogen-bond donors (Lipinski definition) is 0. The Bertz CT molecular complexity index is 595. The molecule has 0 bridgehead atoms. The van der Waals surface area contributed by atoms with Gasteiger partial charge in [0.05, 0.1) is 0 Å². The SMILES string of the molecule is CC1=C2C=c3cc(Br)ccc3=C2OC1C. The summed E-state index contributed by atoms with van der Waals surface area (Å²) in [5, 5.41) is 2.47. The Kier molecular flexibility index (Phi) is 1.84. The molecule has 15 heavy (non-hydrogen) atoms. The fraction of sp³-hybridized carbons (Fsp3) is 0.231. The van der Waals surface area contributed by atoms with Gasteiger partial charge in [0, 0.05) is 15.3 Å². The van der Waals surface area contributed by atoms with Gasteiger partial charge >= 0.3 is 0 Å². The molecular weight excluding hydrogens is 252 g/mol. The van der Waals surface area contributed by atoms with Crippen LogP contribution < -0.4 is 10.4 Å². The van der Waals surface area contributed by atoms with E-state index < -0.39 is 0 Å². The molecule has 1 heterocycles. The van der Waals surface area contributed by atoms with Crippen molar-refractivity contribution in [3.63, 3.8) is 0 Å². The minimum atomic E-state index is 0.225. The lowest BCUT2D eigenvalue weighted by Gasteiger charge is -2.05. The molecule has 0 N–H and O–H groups in total. The van der Waals surface area contributed by atoms with E-state index in [0.29, 0.717) is 0 Å². The first-order valence-electron chi connectivity index (χ1n) is 5.06. The molecule has 1 atom stereocenters. The van der Waals surface area contributed by atoms with Crippen LogP contribution in [0.3, 0.4) is 0 Å². The predicted molar refractivity (Wildman–Crippen MR) is 64.5 cm³/mol. The molecule has 2 heteroatoms. The molecule has 0 radical (unpaired) electrons. The van der Waals surface area contributed by atoms with Crippen LogP contribution in [0.5, 0.6) is 0 Å². The third-order valence-electron chi connectivity index (χ3n) is 3.13. The topological polar surface area (TPSA) is 9.23 Å². The molecule has 1 aliphatic carbocycles. The van der Waals surface area contributed by atoms with Gasteiger partial charge in [-0.25, -0.2) is 0 Å². The number of ether oxygens (including phenoxy) is 1. The number of halogens is 1. The van der Waals surface area contributed by atoms with E-state index in [0.717, 1.165) is 10.2 Å². The maximum absolute atomic E-state index is 5.86. The van der Waals surface area contributed by atoms with E-state index in [9.17, 15) is 0 Å². The van der Waals surface area contributed by atoms with Gasteiger partial charge in [-0.3, -0.25) is 0 Å². The van der Waals surface area contributed by atoms with Crippen LogP contribution >= 0.6 is 15.9 Å². The molecule has 0 saturated heterocycles. The van der Waals surface area contributed by atoms with E-state index in [-0.39, 0.29) is 6.10 Å². The highest BCUT2D eigenvalue weighted by atomic mass is 79.9. The van der Waals surface area contributed by atoms with E-state index in [2.05, 4.69) is 54.1 Å². The van der Waals surface area contributed by atoms with Crippen molar-refractivity contribution in [1.29, 1.82) is 0 Å². The minimum Gasteiger partial charge on any atom is -0.485 e. The van der Waals surface area contributed by atoms with Crippen molar-refractivity contribution < 1.29 is 4.74 Å². The fourth-order valence-corrected chi connectivity index (χ4v) is 2.51. The summed E-state index contributed by atoms with van der Waals surface area (Å²) in [5.41, 5.74) is 2.60. The molecule has 2 aliphatic rings.